The number of hydrogen-bond donors (Lipinski definition) is 2. The highest BCUT2D eigenvalue weighted by Crippen LogP contribution is 2.31. The molecular formula is C33H46N2O5S. The number of carboxylic acid groups (broad SMARTS) is 1. The van der Waals surface area contributed by atoms with E-state index in [2.05, 4.69) is 10.2 Å². The van der Waals surface area contributed by atoms with Crippen LogP contribution in [-0.4, -0.2) is 78.9 Å². The summed E-state index contributed by atoms with van der Waals surface area (Å²) in [6, 6.07) is 12.9. The minimum absolute atomic E-state index is 0.147. The summed E-state index contributed by atoms with van der Waals surface area (Å²) >= 11 is 1.57. The van der Waals surface area contributed by atoms with Crippen LogP contribution >= 0.6 is 11.8 Å². The van der Waals surface area contributed by atoms with Crippen LogP contribution < -0.4 is 5.32 Å². The highest BCUT2D eigenvalue weighted by molar-refractivity contribution is 7.98. The third kappa shape index (κ3) is 9.57. The van der Waals surface area contributed by atoms with Gasteiger partial charge in [-0.3, -0.25) is 9.69 Å². The fraction of sp³-hybridized carbons (Fsp3) is 0.576. The second-order valence-electron chi connectivity index (χ2n) is 11.4. The second-order valence-corrected chi connectivity index (χ2v) is 12.4. The normalized spacial score (nSPS) is 18.1. The van der Waals surface area contributed by atoms with Crippen LogP contribution in [0.2, 0.25) is 0 Å². The molecule has 41 heavy (non-hydrogen) atoms. The summed E-state index contributed by atoms with van der Waals surface area (Å²) in [7, 11) is 0. The fourth-order valence-electron chi connectivity index (χ4n) is 5.98. The minimum atomic E-state index is -1.01. The topological polar surface area (TPSA) is 88.1 Å². The van der Waals surface area contributed by atoms with Gasteiger partial charge in [-0.1, -0.05) is 62.4 Å². The van der Waals surface area contributed by atoms with Gasteiger partial charge in [-0.2, -0.15) is 11.8 Å². The van der Waals surface area contributed by atoms with Crippen molar-refractivity contribution in [2.24, 2.45) is 5.92 Å². The summed E-state index contributed by atoms with van der Waals surface area (Å²) < 4.78 is 12.2. The number of nitrogens with zero attached hydrogens (tertiary/aromatic N) is 1. The van der Waals surface area contributed by atoms with E-state index in [1.165, 1.54) is 32.1 Å². The maximum Gasteiger partial charge on any atom is 0.326 e. The monoisotopic (exact) mass is 582 g/mol. The Bertz CT molecular complexity index is 1110. The molecule has 2 unspecified atom stereocenters. The highest BCUT2D eigenvalue weighted by Gasteiger charge is 2.25. The Balaban J connectivity index is 1.53. The predicted molar refractivity (Wildman–Crippen MR) is 166 cm³/mol. The maximum atomic E-state index is 13.4. The second kappa shape index (κ2) is 16.3. The van der Waals surface area contributed by atoms with Crippen LogP contribution in [0.1, 0.15) is 66.4 Å². The first-order valence-corrected chi connectivity index (χ1v) is 16.5. The Morgan fingerprint density at radius 2 is 1.85 bits per heavy atom. The molecular weight excluding hydrogens is 536 g/mol. The van der Waals surface area contributed by atoms with Gasteiger partial charge in [-0.05, 0) is 72.1 Å². The van der Waals surface area contributed by atoms with Crippen molar-refractivity contribution in [3.8, 4) is 11.1 Å². The third-order valence-electron chi connectivity index (χ3n) is 8.35. The van der Waals surface area contributed by atoms with Gasteiger partial charge >= 0.3 is 5.97 Å². The quantitative estimate of drug-likeness (QED) is 0.292. The lowest BCUT2D eigenvalue weighted by molar-refractivity contribution is -0.139. The number of morpholine rings is 1. The summed E-state index contributed by atoms with van der Waals surface area (Å²) in [5, 5.41) is 12.4. The lowest BCUT2D eigenvalue weighted by Crippen LogP contribution is -2.42. The molecule has 0 aromatic heterocycles. The Morgan fingerprint density at radius 3 is 2.56 bits per heavy atom. The molecule has 1 aliphatic carbocycles. The van der Waals surface area contributed by atoms with Crippen molar-refractivity contribution in [2.75, 3.05) is 44.9 Å². The number of thioether (sulfide) groups is 1. The molecule has 4 rings (SSSR count). The molecule has 1 aliphatic heterocycles. The molecule has 2 aromatic carbocycles. The number of benzene rings is 2. The number of hydrogen-bond acceptors (Lipinski definition) is 6. The van der Waals surface area contributed by atoms with Gasteiger partial charge < -0.3 is 19.9 Å². The van der Waals surface area contributed by atoms with Crippen LogP contribution in [0.15, 0.2) is 42.5 Å². The van der Waals surface area contributed by atoms with Crippen LogP contribution in [0.4, 0.5) is 0 Å². The predicted octanol–water partition coefficient (Wildman–Crippen LogP) is 5.79. The zero-order valence-corrected chi connectivity index (χ0v) is 25.4. The first kappa shape index (κ1) is 31.5. The van der Waals surface area contributed by atoms with E-state index in [1.807, 2.05) is 55.6 Å². The van der Waals surface area contributed by atoms with Crippen LogP contribution in [0.3, 0.4) is 0 Å². The number of carbonyl (C=O) groups is 2. The van der Waals surface area contributed by atoms with Crippen molar-refractivity contribution in [1.82, 2.24) is 10.2 Å². The Labute approximate surface area is 249 Å². The molecule has 0 spiro atoms. The molecule has 224 valence electrons. The number of aliphatic carboxylic acids is 1. The SMILES string of the molecule is CSCCC(NC(=O)c1ccc(COC(CC2CCCCC2)CN2CCOCC2)cc1-c1ccccc1C)C(=O)O. The van der Waals surface area contributed by atoms with Crippen molar-refractivity contribution in [2.45, 2.75) is 70.6 Å². The molecule has 0 radical (unpaired) electrons. The van der Waals surface area contributed by atoms with E-state index in [1.54, 1.807) is 11.8 Å². The first-order valence-electron chi connectivity index (χ1n) is 15.1. The number of ether oxygens (including phenoxy) is 2. The standard InChI is InChI=1S/C33H46N2O5S/c1-24-8-6-7-11-28(24)30-21-26(12-13-29(30)32(36)34-31(33(37)38)14-19-41-2)23-40-27(20-25-9-4-3-5-10-25)22-35-15-17-39-18-16-35/h6-8,11-13,21,25,27,31H,3-5,9-10,14-20,22-23H2,1-2H3,(H,34,36)(H,37,38). The number of carboxylic acids is 1. The van der Waals surface area contributed by atoms with Gasteiger partial charge in [-0.15, -0.1) is 0 Å². The molecule has 2 aliphatic rings. The van der Waals surface area contributed by atoms with Gasteiger partial charge in [0.25, 0.3) is 5.91 Å². The Morgan fingerprint density at radius 1 is 1.10 bits per heavy atom. The number of amides is 1. The smallest absolute Gasteiger partial charge is 0.326 e. The van der Waals surface area contributed by atoms with E-state index in [9.17, 15) is 14.7 Å². The molecule has 1 saturated carbocycles. The molecule has 1 heterocycles. The number of rotatable bonds is 14. The van der Waals surface area contributed by atoms with E-state index in [0.717, 1.165) is 67.4 Å². The number of aryl methyl sites for hydroxylation is 1. The lowest BCUT2D eigenvalue weighted by Gasteiger charge is -2.33. The van der Waals surface area contributed by atoms with Crippen LogP contribution in [0.5, 0.6) is 0 Å². The number of nitrogens with one attached hydrogen (secondary N) is 1. The van der Waals surface area contributed by atoms with E-state index < -0.39 is 12.0 Å². The summed E-state index contributed by atoms with van der Waals surface area (Å²) in [5.74, 6) is -0.00693. The van der Waals surface area contributed by atoms with Crippen LogP contribution in [0, 0.1) is 12.8 Å². The minimum Gasteiger partial charge on any atom is -0.480 e. The molecule has 2 fully saturated rings. The van der Waals surface area contributed by atoms with Crippen LogP contribution in [0.25, 0.3) is 11.1 Å². The zero-order valence-electron chi connectivity index (χ0n) is 24.6. The average Bonchev–Trinajstić information content (AvgIpc) is 2.99. The summed E-state index contributed by atoms with van der Waals surface area (Å²) in [6.07, 6.45) is 10.1. The Hall–Kier alpha value is -2.39. The highest BCUT2D eigenvalue weighted by atomic mass is 32.2. The molecule has 1 amide bonds. The first-order chi connectivity index (χ1) is 19.9. The van der Waals surface area contributed by atoms with E-state index >= 15 is 0 Å². The molecule has 8 heteroatoms. The van der Waals surface area contributed by atoms with Gasteiger partial charge in [0.2, 0.25) is 0 Å². The van der Waals surface area contributed by atoms with Crippen molar-refractivity contribution < 1.29 is 24.2 Å². The average molecular weight is 583 g/mol. The zero-order chi connectivity index (χ0) is 29.0. The van der Waals surface area contributed by atoms with Gasteiger partial charge in [0.05, 0.1) is 25.9 Å². The number of carbonyl (C=O) groups excluding carboxylic acids is 1. The van der Waals surface area contributed by atoms with Crippen molar-refractivity contribution >= 4 is 23.6 Å². The molecule has 2 N–H and O–H groups in total. The molecule has 2 atom stereocenters. The molecule has 2 aromatic rings. The van der Waals surface area contributed by atoms with E-state index in [0.29, 0.717) is 24.3 Å². The van der Waals surface area contributed by atoms with Crippen molar-refractivity contribution in [1.29, 1.82) is 0 Å². The van der Waals surface area contributed by atoms with Crippen molar-refractivity contribution in [3.63, 3.8) is 0 Å². The van der Waals surface area contributed by atoms with Crippen molar-refractivity contribution in [3.05, 3.63) is 59.2 Å². The van der Waals surface area contributed by atoms with Gasteiger partial charge in [0.15, 0.2) is 0 Å². The van der Waals surface area contributed by atoms with Gasteiger partial charge in [0, 0.05) is 25.2 Å². The van der Waals surface area contributed by atoms with Gasteiger partial charge in [0.1, 0.15) is 6.04 Å². The molecule has 7 nitrogen and oxygen atoms in total. The fourth-order valence-corrected chi connectivity index (χ4v) is 6.45. The summed E-state index contributed by atoms with van der Waals surface area (Å²) in [5.41, 5.74) is 4.30. The largest absolute Gasteiger partial charge is 0.480 e. The summed E-state index contributed by atoms with van der Waals surface area (Å²) in [4.78, 5) is 27.7. The summed E-state index contributed by atoms with van der Waals surface area (Å²) in [6.45, 7) is 6.85. The Kier molecular flexibility index (Phi) is 12.5. The molecule has 0 bridgehead atoms. The lowest BCUT2D eigenvalue weighted by atomic mass is 9.85. The van der Waals surface area contributed by atoms with Gasteiger partial charge in [-0.25, -0.2) is 4.79 Å². The van der Waals surface area contributed by atoms with E-state index in [4.69, 9.17) is 9.47 Å². The third-order valence-corrected chi connectivity index (χ3v) is 8.99. The van der Waals surface area contributed by atoms with E-state index in [-0.39, 0.29) is 12.0 Å². The maximum absolute atomic E-state index is 13.4. The molecule has 1 saturated heterocycles. The van der Waals surface area contributed by atoms with Crippen LogP contribution in [-0.2, 0) is 20.9 Å².